The molecule has 1 aromatic heterocycles. The van der Waals surface area contributed by atoms with Crippen LogP contribution >= 0.6 is 11.8 Å². The molecule has 2 nitrogen and oxygen atoms in total. The molecule has 1 N–H and O–H groups in total. The number of rotatable bonds is 2. The van der Waals surface area contributed by atoms with E-state index < -0.39 is 0 Å². The zero-order valence-corrected chi connectivity index (χ0v) is 11.6. The average Bonchev–Trinajstić information content (AvgIpc) is 2.64. The lowest BCUT2D eigenvalue weighted by atomic mass is 9.87. The number of benzene rings is 1. The highest BCUT2D eigenvalue weighted by Gasteiger charge is 2.13. The smallest absolute Gasteiger partial charge is 0.122 e. The molecular weight excluding hydrogens is 228 g/mol. The third-order valence-corrected chi connectivity index (χ3v) is 3.83. The molecule has 0 saturated carbocycles. The normalized spacial score (nSPS) is 11.8. The lowest BCUT2D eigenvalue weighted by Crippen LogP contribution is -2.10. The van der Waals surface area contributed by atoms with Crippen molar-refractivity contribution in [3.8, 4) is 0 Å². The predicted octanol–water partition coefficient (Wildman–Crippen LogP) is 4.17. The zero-order valence-electron chi connectivity index (χ0n) is 10.7. The predicted molar refractivity (Wildman–Crippen MR) is 72.6 cm³/mol. The van der Waals surface area contributed by atoms with E-state index in [1.807, 2.05) is 6.92 Å². The maximum absolute atomic E-state index is 4.29. The Kier molecular flexibility index (Phi) is 3.29. The summed E-state index contributed by atoms with van der Waals surface area (Å²) >= 11 is 1.70. The van der Waals surface area contributed by atoms with Crippen molar-refractivity contribution in [2.24, 2.45) is 0 Å². The first-order valence-electron chi connectivity index (χ1n) is 5.75. The molecule has 0 radical (unpaired) electrons. The van der Waals surface area contributed by atoms with Crippen LogP contribution in [0.3, 0.4) is 0 Å². The minimum Gasteiger partial charge on any atom is -0.348 e. The van der Waals surface area contributed by atoms with Gasteiger partial charge in [0, 0.05) is 10.6 Å². The first kappa shape index (κ1) is 12.2. The fourth-order valence-electron chi connectivity index (χ4n) is 1.58. The van der Waals surface area contributed by atoms with Gasteiger partial charge in [0.1, 0.15) is 5.03 Å². The summed E-state index contributed by atoms with van der Waals surface area (Å²) in [5, 5.41) is 1.05. The molecule has 0 unspecified atom stereocenters. The van der Waals surface area contributed by atoms with Crippen LogP contribution in [-0.2, 0) is 5.41 Å². The summed E-state index contributed by atoms with van der Waals surface area (Å²) in [5.74, 6) is 0. The van der Waals surface area contributed by atoms with Gasteiger partial charge in [-0.1, -0.05) is 44.7 Å². The molecule has 3 heteroatoms. The summed E-state index contributed by atoms with van der Waals surface area (Å²) in [6.07, 6.45) is 1.74. The number of aryl methyl sites for hydroxylation is 1. The molecule has 0 fully saturated rings. The largest absolute Gasteiger partial charge is 0.348 e. The molecule has 0 bridgehead atoms. The molecule has 90 valence electrons. The van der Waals surface area contributed by atoms with Gasteiger partial charge in [-0.3, -0.25) is 0 Å². The summed E-state index contributed by atoms with van der Waals surface area (Å²) in [6, 6.07) is 8.73. The van der Waals surface area contributed by atoms with E-state index in [0.717, 1.165) is 10.7 Å². The topological polar surface area (TPSA) is 28.7 Å². The van der Waals surface area contributed by atoms with E-state index in [9.17, 15) is 0 Å². The SMILES string of the molecule is Cc1[nH]cnc1Sc1ccc(C(C)(C)C)cc1. The van der Waals surface area contributed by atoms with E-state index in [1.54, 1.807) is 18.1 Å². The monoisotopic (exact) mass is 246 g/mol. The Morgan fingerprint density at radius 1 is 1.12 bits per heavy atom. The fourth-order valence-corrected chi connectivity index (χ4v) is 2.40. The second kappa shape index (κ2) is 4.57. The highest BCUT2D eigenvalue weighted by molar-refractivity contribution is 7.99. The minimum absolute atomic E-state index is 0.214. The van der Waals surface area contributed by atoms with Gasteiger partial charge < -0.3 is 4.98 Å². The number of nitrogens with one attached hydrogen (secondary N) is 1. The van der Waals surface area contributed by atoms with Crippen LogP contribution in [0.4, 0.5) is 0 Å². The molecular formula is C14H18N2S. The van der Waals surface area contributed by atoms with Gasteiger partial charge in [0.15, 0.2) is 0 Å². The van der Waals surface area contributed by atoms with Crippen LogP contribution in [-0.4, -0.2) is 9.97 Å². The number of H-pyrrole nitrogens is 1. The number of aromatic nitrogens is 2. The zero-order chi connectivity index (χ0) is 12.5. The van der Waals surface area contributed by atoms with Crippen LogP contribution in [0.2, 0.25) is 0 Å². The summed E-state index contributed by atoms with van der Waals surface area (Å²) in [5.41, 5.74) is 2.70. The standard InChI is InChI=1S/C14H18N2S/c1-10-13(16-9-15-10)17-12-7-5-11(6-8-12)14(2,3)4/h5-9H,1-4H3,(H,15,16). The van der Waals surface area contributed by atoms with E-state index in [-0.39, 0.29) is 5.41 Å². The Labute approximate surface area is 107 Å². The van der Waals surface area contributed by atoms with Crippen LogP contribution in [0.5, 0.6) is 0 Å². The van der Waals surface area contributed by atoms with Crippen molar-refractivity contribution >= 4 is 11.8 Å². The van der Waals surface area contributed by atoms with Gasteiger partial charge in [0.2, 0.25) is 0 Å². The number of hydrogen-bond donors (Lipinski definition) is 1. The summed E-state index contributed by atoms with van der Waals surface area (Å²) in [6.45, 7) is 8.73. The van der Waals surface area contributed by atoms with Crippen LogP contribution in [0, 0.1) is 6.92 Å². The highest BCUT2D eigenvalue weighted by atomic mass is 32.2. The molecule has 0 aliphatic heterocycles. The van der Waals surface area contributed by atoms with E-state index in [2.05, 4.69) is 55.0 Å². The number of imidazole rings is 1. The van der Waals surface area contributed by atoms with Gasteiger partial charge in [-0.15, -0.1) is 0 Å². The van der Waals surface area contributed by atoms with Crippen molar-refractivity contribution in [3.63, 3.8) is 0 Å². The Balaban J connectivity index is 2.17. The molecule has 0 amide bonds. The minimum atomic E-state index is 0.214. The Hall–Kier alpha value is -1.22. The van der Waals surface area contributed by atoms with Gasteiger partial charge >= 0.3 is 0 Å². The van der Waals surface area contributed by atoms with Crippen molar-refractivity contribution < 1.29 is 0 Å². The van der Waals surface area contributed by atoms with Crippen LogP contribution in [0.25, 0.3) is 0 Å². The van der Waals surface area contributed by atoms with E-state index in [4.69, 9.17) is 0 Å². The van der Waals surface area contributed by atoms with Crippen molar-refractivity contribution in [1.29, 1.82) is 0 Å². The third kappa shape index (κ3) is 2.91. The molecule has 0 aliphatic rings. The van der Waals surface area contributed by atoms with Crippen molar-refractivity contribution in [3.05, 3.63) is 41.9 Å². The Morgan fingerprint density at radius 2 is 1.76 bits per heavy atom. The maximum atomic E-state index is 4.29. The van der Waals surface area contributed by atoms with Crippen LogP contribution < -0.4 is 0 Å². The number of aromatic amines is 1. The molecule has 1 aromatic carbocycles. The Bertz CT molecular complexity index is 492. The van der Waals surface area contributed by atoms with Gasteiger partial charge in [-0.2, -0.15) is 0 Å². The van der Waals surface area contributed by atoms with E-state index in [0.29, 0.717) is 0 Å². The van der Waals surface area contributed by atoms with E-state index >= 15 is 0 Å². The molecule has 2 aromatic rings. The first-order chi connectivity index (χ1) is 7.97. The van der Waals surface area contributed by atoms with Crippen molar-refractivity contribution in [1.82, 2.24) is 9.97 Å². The quantitative estimate of drug-likeness (QED) is 0.861. The van der Waals surface area contributed by atoms with E-state index in [1.165, 1.54) is 10.5 Å². The second-order valence-electron chi connectivity index (χ2n) is 5.21. The van der Waals surface area contributed by atoms with Gasteiger partial charge in [0.05, 0.1) is 6.33 Å². The molecule has 0 saturated heterocycles. The number of hydrogen-bond acceptors (Lipinski definition) is 2. The summed E-state index contributed by atoms with van der Waals surface area (Å²) < 4.78 is 0. The molecule has 0 aliphatic carbocycles. The second-order valence-corrected chi connectivity index (χ2v) is 6.27. The van der Waals surface area contributed by atoms with Crippen LogP contribution in [0.15, 0.2) is 40.5 Å². The highest BCUT2D eigenvalue weighted by Crippen LogP contribution is 2.30. The Morgan fingerprint density at radius 3 is 2.24 bits per heavy atom. The third-order valence-electron chi connectivity index (χ3n) is 2.72. The van der Waals surface area contributed by atoms with Gasteiger partial charge in [-0.25, -0.2) is 4.98 Å². The lowest BCUT2D eigenvalue weighted by molar-refractivity contribution is 0.590. The average molecular weight is 246 g/mol. The summed E-state index contributed by atoms with van der Waals surface area (Å²) in [4.78, 5) is 8.61. The molecule has 1 heterocycles. The van der Waals surface area contributed by atoms with Crippen molar-refractivity contribution in [2.75, 3.05) is 0 Å². The van der Waals surface area contributed by atoms with Gasteiger partial charge in [-0.05, 0) is 30.0 Å². The fraction of sp³-hybridized carbons (Fsp3) is 0.357. The number of nitrogens with zero attached hydrogens (tertiary/aromatic N) is 1. The van der Waals surface area contributed by atoms with Crippen LogP contribution in [0.1, 0.15) is 32.0 Å². The maximum Gasteiger partial charge on any atom is 0.122 e. The molecule has 0 spiro atoms. The molecule has 2 rings (SSSR count). The lowest BCUT2D eigenvalue weighted by Gasteiger charge is -2.18. The summed E-state index contributed by atoms with van der Waals surface area (Å²) in [7, 11) is 0. The van der Waals surface area contributed by atoms with Crippen molar-refractivity contribution in [2.45, 2.75) is 43.0 Å². The molecule has 0 atom stereocenters. The molecule has 17 heavy (non-hydrogen) atoms. The van der Waals surface area contributed by atoms with Gasteiger partial charge in [0.25, 0.3) is 0 Å². The first-order valence-corrected chi connectivity index (χ1v) is 6.57.